The van der Waals surface area contributed by atoms with Gasteiger partial charge in [-0.3, -0.25) is 4.79 Å². The van der Waals surface area contributed by atoms with E-state index < -0.39 is 18.2 Å². The van der Waals surface area contributed by atoms with Crippen LogP contribution in [0.25, 0.3) is 0 Å². The van der Waals surface area contributed by atoms with Crippen molar-refractivity contribution in [1.29, 1.82) is 0 Å². The van der Waals surface area contributed by atoms with Gasteiger partial charge in [-0.1, -0.05) is 18.2 Å². The molecule has 0 saturated heterocycles. The summed E-state index contributed by atoms with van der Waals surface area (Å²) in [6.45, 7) is 1.40. The number of amides is 1. The molecule has 3 atom stereocenters. The first kappa shape index (κ1) is 14.3. The van der Waals surface area contributed by atoms with Crippen LogP contribution in [0.2, 0.25) is 0 Å². The quantitative estimate of drug-likeness (QED) is 0.627. The van der Waals surface area contributed by atoms with E-state index in [1.165, 1.54) is 6.92 Å². The van der Waals surface area contributed by atoms with Gasteiger partial charge >= 0.3 is 0 Å². The van der Waals surface area contributed by atoms with Crippen LogP contribution in [0, 0.1) is 0 Å². The minimum atomic E-state index is -1.18. The molecule has 1 amide bonds. The van der Waals surface area contributed by atoms with Gasteiger partial charge in [-0.05, 0) is 19.1 Å². The van der Waals surface area contributed by atoms with Crippen LogP contribution in [0.5, 0.6) is 0 Å². The van der Waals surface area contributed by atoms with Gasteiger partial charge in [0.15, 0.2) is 0 Å². The predicted octanol–water partition coefficient (Wildman–Crippen LogP) is 0.116. The Bertz CT molecular complexity index is 391. The van der Waals surface area contributed by atoms with Crippen molar-refractivity contribution in [3.05, 3.63) is 35.9 Å². The second-order valence-electron chi connectivity index (χ2n) is 4.08. The topological polar surface area (TPSA) is 86.6 Å². The van der Waals surface area contributed by atoms with E-state index >= 15 is 0 Å². The minimum absolute atomic E-state index is 0.0510. The Morgan fingerprint density at radius 3 is 2.44 bits per heavy atom. The smallest absolute Gasteiger partial charge is 0.251 e. The average Bonchev–Trinajstić information content (AvgIpc) is 2.38. The molecule has 98 valence electrons. The van der Waals surface area contributed by atoms with E-state index in [1.54, 1.807) is 30.3 Å². The molecule has 0 aliphatic carbocycles. The maximum atomic E-state index is 11.8. The van der Waals surface area contributed by atoms with Crippen molar-refractivity contribution < 1.29 is 19.8 Å². The SMILES string of the molecule is C[C@@H](O)[C@H](O)[C@@H](CC=O)NC(=O)c1ccccc1. The molecule has 5 nitrogen and oxygen atoms in total. The molecule has 0 unspecified atom stereocenters. The van der Waals surface area contributed by atoms with Crippen molar-refractivity contribution in [1.82, 2.24) is 5.32 Å². The van der Waals surface area contributed by atoms with Crippen LogP contribution in [0.1, 0.15) is 23.7 Å². The summed E-state index contributed by atoms with van der Waals surface area (Å²) in [4.78, 5) is 22.4. The predicted molar refractivity (Wildman–Crippen MR) is 66.1 cm³/mol. The second-order valence-corrected chi connectivity index (χ2v) is 4.08. The van der Waals surface area contributed by atoms with Gasteiger partial charge in [0.05, 0.1) is 12.1 Å². The number of hydrogen-bond acceptors (Lipinski definition) is 4. The first-order valence-electron chi connectivity index (χ1n) is 5.72. The normalized spacial score (nSPS) is 15.5. The lowest BCUT2D eigenvalue weighted by molar-refractivity contribution is -0.109. The molecule has 3 N–H and O–H groups in total. The molecule has 1 aromatic rings. The van der Waals surface area contributed by atoms with Gasteiger partial charge in [0.25, 0.3) is 5.91 Å². The van der Waals surface area contributed by atoms with E-state index in [0.29, 0.717) is 11.8 Å². The minimum Gasteiger partial charge on any atom is -0.391 e. The highest BCUT2D eigenvalue weighted by molar-refractivity contribution is 5.94. The molecule has 18 heavy (non-hydrogen) atoms. The molecular formula is C13H17NO4. The van der Waals surface area contributed by atoms with E-state index in [1.807, 2.05) is 0 Å². The van der Waals surface area contributed by atoms with Crippen LogP contribution in [0.4, 0.5) is 0 Å². The van der Waals surface area contributed by atoms with Gasteiger partial charge < -0.3 is 20.3 Å². The first-order chi connectivity index (χ1) is 8.56. The fourth-order valence-electron chi connectivity index (χ4n) is 1.56. The van der Waals surface area contributed by atoms with Crippen molar-refractivity contribution in [3.8, 4) is 0 Å². The van der Waals surface area contributed by atoms with Gasteiger partial charge in [-0.25, -0.2) is 0 Å². The molecule has 0 fully saturated rings. The fraction of sp³-hybridized carbons (Fsp3) is 0.385. The summed E-state index contributed by atoms with van der Waals surface area (Å²) < 4.78 is 0. The van der Waals surface area contributed by atoms with E-state index in [-0.39, 0.29) is 12.3 Å². The number of carbonyl (C=O) groups is 2. The van der Waals surface area contributed by atoms with Crippen LogP contribution >= 0.6 is 0 Å². The number of aliphatic hydroxyl groups excluding tert-OH is 2. The summed E-state index contributed by atoms with van der Waals surface area (Å²) in [5.41, 5.74) is 0.436. The molecule has 0 aliphatic heterocycles. The van der Waals surface area contributed by atoms with Gasteiger partial charge in [-0.2, -0.15) is 0 Å². The highest BCUT2D eigenvalue weighted by atomic mass is 16.3. The van der Waals surface area contributed by atoms with Crippen molar-refractivity contribution in [2.24, 2.45) is 0 Å². The lowest BCUT2D eigenvalue weighted by Crippen LogP contribution is -2.48. The number of nitrogens with one attached hydrogen (secondary N) is 1. The molecule has 0 radical (unpaired) electrons. The standard InChI is InChI=1S/C13H17NO4/c1-9(16)12(17)11(7-8-15)14-13(18)10-5-3-2-4-6-10/h2-6,8-9,11-12,16-17H,7H2,1H3,(H,14,18)/t9-,11-,12+/m1/s1. The zero-order chi connectivity index (χ0) is 13.5. The summed E-state index contributed by atoms with van der Waals surface area (Å²) in [6.07, 6.45) is -1.65. The summed E-state index contributed by atoms with van der Waals surface area (Å²) in [6, 6.07) is 7.67. The Hall–Kier alpha value is -1.72. The fourth-order valence-corrected chi connectivity index (χ4v) is 1.56. The molecular weight excluding hydrogens is 234 g/mol. The second kappa shape index (κ2) is 6.88. The zero-order valence-corrected chi connectivity index (χ0v) is 10.1. The maximum absolute atomic E-state index is 11.8. The average molecular weight is 251 g/mol. The van der Waals surface area contributed by atoms with Gasteiger partial charge in [-0.15, -0.1) is 0 Å². The third-order valence-electron chi connectivity index (χ3n) is 2.61. The van der Waals surface area contributed by atoms with Crippen LogP contribution < -0.4 is 5.32 Å². The summed E-state index contributed by atoms with van der Waals surface area (Å²) in [5.74, 6) is -0.387. The Morgan fingerprint density at radius 2 is 1.94 bits per heavy atom. The van der Waals surface area contributed by atoms with Crippen molar-refractivity contribution in [2.45, 2.75) is 31.6 Å². The summed E-state index contributed by atoms with van der Waals surface area (Å²) in [5, 5.41) is 21.5. The molecule has 1 aromatic carbocycles. The highest BCUT2D eigenvalue weighted by Crippen LogP contribution is 2.05. The Morgan fingerprint density at radius 1 is 1.33 bits per heavy atom. The molecule has 0 bridgehead atoms. The molecule has 0 aliphatic rings. The summed E-state index contributed by atoms with van der Waals surface area (Å²) in [7, 11) is 0. The summed E-state index contributed by atoms with van der Waals surface area (Å²) >= 11 is 0. The third kappa shape index (κ3) is 3.94. The van der Waals surface area contributed by atoms with Gasteiger partial charge in [0, 0.05) is 12.0 Å². The molecule has 1 rings (SSSR count). The number of hydrogen-bond donors (Lipinski definition) is 3. The van der Waals surface area contributed by atoms with E-state index in [4.69, 9.17) is 0 Å². The van der Waals surface area contributed by atoms with Crippen LogP contribution in [-0.2, 0) is 4.79 Å². The first-order valence-corrected chi connectivity index (χ1v) is 5.72. The van der Waals surface area contributed by atoms with Crippen LogP contribution in [-0.4, -0.2) is 40.7 Å². The van der Waals surface area contributed by atoms with E-state index in [9.17, 15) is 19.8 Å². The number of rotatable bonds is 6. The number of aliphatic hydroxyl groups is 2. The Kier molecular flexibility index (Phi) is 5.48. The van der Waals surface area contributed by atoms with Gasteiger partial charge in [0.1, 0.15) is 12.4 Å². The van der Waals surface area contributed by atoms with E-state index in [0.717, 1.165) is 0 Å². The third-order valence-corrected chi connectivity index (χ3v) is 2.61. The molecule has 0 heterocycles. The molecule has 5 heteroatoms. The van der Waals surface area contributed by atoms with Crippen LogP contribution in [0.3, 0.4) is 0 Å². The molecule has 0 saturated carbocycles. The Labute approximate surface area is 105 Å². The zero-order valence-electron chi connectivity index (χ0n) is 10.1. The van der Waals surface area contributed by atoms with Crippen molar-refractivity contribution >= 4 is 12.2 Å². The Balaban J connectivity index is 2.72. The largest absolute Gasteiger partial charge is 0.391 e. The van der Waals surface area contributed by atoms with Crippen molar-refractivity contribution in [2.75, 3.05) is 0 Å². The number of benzene rings is 1. The lowest BCUT2D eigenvalue weighted by atomic mass is 10.0. The highest BCUT2D eigenvalue weighted by Gasteiger charge is 2.25. The van der Waals surface area contributed by atoms with E-state index in [2.05, 4.69) is 5.32 Å². The lowest BCUT2D eigenvalue weighted by Gasteiger charge is -2.24. The maximum Gasteiger partial charge on any atom is 0.251 e. The van der Waals surface area contributed by atoms with Crippen molar-refractivity contribution in [3.63, 3.8) is 0 Å². The monoisotopic (exact) mass is 251 g/mol. The number of carbonyl (C=O) groups excluding carboxylic acids is 2. The van der Waals surface area contributed by atoms with Gasteiger partial charge in [0.2, 0.25) is 0 Å². The van der Waals surface area contributed by atoms with Crippen LogP contribution in [0.15, 0.2) is 30.3 Å². The molecule has 0 spiro atoms. The molecule has 0 aromatic heterocycles. The number of aldehydes is 1.